The van der Waals surface area contributed by atoms with Crippen LogP contribution < -0.4 is 9.47 Å². The lowest BCUT2D eigenvalue weighted by Crippen LogP contribution is -1.96. The van der Waals surface area contributed by atoms with Crippen molar-refractivity contribution in [1.82, 2.24) is 0 Å². The molecule has 108 valence electrons. The highest BCUT2D eigenvalue weighted by atomic mass is 79.9. The Morgan fingerprint density at radius 2 is 1.80 bits per heavy atom. The van der Waals surface area contributed by atoms with Crippen molar-refractivity contribution in [2.24, 2.45) is 0 Å². The molecule has 1 aromatic carbocycles. The maximum Gasteiger partial charge on any atom is 0.160 e. The highest BCUT2D eigenvalue weighted by Gasteiger charge is 2.14. The van der Waals surface area contributed by atoms with Gasteiger partial charge in [-0.05, 0) is 49.6 Å². The van der Waals surface area contributed by atoms with Crippen molar-refractivity contribution in [2.75, 3.05) is 14.2 Å². The second kappa shape index (κ2) is 6.64. The number of methoxy groups -OCH3 is 2. The van der Waals surface area contributed by atoms with Gasteiger partial charge in [-0.3, -0.25) is 0 Å². The summed E-state index contributed by atoms with van der Waals surface area (Å²) in [7, 11) is 3.32. The molecule has 1 unspecified atom stereocenters. The topological polar surface area (TPSA) is 18.5 Å². The van der Waals surface area contributed by atoms with E-state index >= 15 is 0 Å². The number of hydrogen-bond donors (Lipinski definition) is 0. The van der Waals surface area contributed by atoms with Crippen LogP contribution in [0.5, 0.6) is 11.5 Å². The number of halogens is 1. The minimum absolute atomic E-state index is 0.331. The van der Waals surface area contributed by atoms with E-state index in [0.717, 1.165) is 17.9 Å². The van der Waals surface area contributed by atoms with Gasteiger partial charge in [0.1, 0.15) is 0 Å². The van der Waals surface area contributed by atoms with Crippen molar-refractivity contribution in [1.29, 1.82) is 0 Å². The van der Waals surface area contributed by atoms with Crippen molar-refractivity contribution < 1.29 is 9.47 Å². The fourth-order valence-electron chi connectivity index (χ4n) is 2.07. The molecule has 0 saturated carbocycles. The molecule has 1 heterocycles. The Hall–Kier alpha value is -1.00. The summed E-state index contributed by atoms with van der Waals surface area (Å²) in [5.41, 5.74) is 2.59. The zero-order valence-corrected chi connectivity index (χ0v) is 14.6. The molecule has 1 aromatic heterocycles. The van der Waals surface area contributed by atoms with E-state index in [9.17, 15) is 0 Å². The van der Waals surface area contributed by atoms with Gasteiger partial charge in [-0.25, -0.2) is 0 Å². The van der Waals surface area contributed by atoms with Crippen LogP contribution in [0.15, 0.2) is 24.3 Å². The molecule has 0 bridgehead atoms. The number of rotatable bonds is 5. The average Bonchev–Trinajstić information content (AvgIpc) is 2.78. The van der Waals surface area contributed by atoms with Crippen LogP contribution >= 0.6 is 27.3 Å². The Balaban J connectivity index is 2.17. The van der Waals surface area contributed by atoms with E-state index < -0.39 is 0 Å². The summed E-state index contributed by atoms with van der Waals surface area (Å²) < 4.78 is 10.6. The number of alkyl halides is 1. The lowest BCUT2D eigenvalue weighted by molar-refractivity contribution is 0.354. The number of hydrogen-bond acceptors (Lipinski definition) is 3. The van der Waals surface area contributed by atoms with E-state index in [1.165, 1.54) is 20.9 Å². The molecule has 0 radical (unpaired) electrons. The lowest BCUT2D eigenvalue weighted by Gasteiger charge is -2.12. The van der Waals surface area contributed by atoms with E-state index in [-0.39, 0.29) is 0 Å². The Morgan fingerprint density at radius 3 is 2.35 bits per heavy atom. The SMILES string of the molecule is COc1ccc(CC(Br)c2cc(C)c(C)s2)cc1OC. The molecule has 0 aliphatic rings. The molecule has 1 atom stereocenters. The Bertz CT molecular complexity index is 573. The molecule has 2 rings (SSSR count). The summed E-state index contributed by atoms with van der Waals surface area (Å²) >= 11 is 5.65. The van der Waals surface area contributed by atoms with Gasteiger partial charge in [-0.1, -0.05) is 22.0 Å². The summed E-state index contributed by atoms with van der Waals surface area (Å²) in [5.74, 6) is 1.55. The predicted molar refractivity (Wildman–Crippen MR) is 88.7 cm³/mol. The second-order valence-corrected chi connectivity index (χ2v) is 7.14. The highest BCUT2D eigenvalue weighted by molar-refractivity contribution is 9.09. The van der Waals surface area contributed by atoms with Gasteiger partial charge in [0.2, 0.25) is 0 Å². The maximum atomic E-state index is 5.35. The molecule has 20 heavy (non-hydrogen) atoms. The standard InChI is InChI=1S/C16H19BrO2S/c1-10-7-16(20-11(10)2)13(17)8-12-5-6-14(18-3)15(9-12)19-4/h5-7,9,13H,8H2,1-4H3. The third kappa shape index (κ3) is 3.36. The first-order valence-electron chi connectivity index (χ1n) is 6.47. The molecule has 0 saturated heterocycles. The Kier molecular flexibility index (Phi) is 5.11. The van der Waals surface area contributed by atoms with E-state index in [1.807, 2.05) is 23.5 Å². The molecule has 2 aromatic rings. The molecule has 0 aliphatic heterocycles. The van der Waals surface area contributed by atoms with Crippen LogP contribution in [0.2, 0.25) is 0 Å². The van der Waals surface area contributed by atoms with Crippen molar-refractivity contribution in [3.63, 3.8) is 0 Å². The first-order chi connectivity index (χ1) is 9.55. The summed E-state index contributed by atoms with van der Waals surface area (Å²) in [6.07, 6.45) is 0.930. The van der Waals surface area contributed by atoms with Crippen LogP contribution in [0.4, 0.5) is 0 Å². The summed E-state index contributed by atoms with van der Waals surface area (Å²) in [6.45, 7) is 4.32. The first kappa shape index (κ1) is 15.4. The molecular weight excluding hydrogens is 336 g/mol. The van der Waals surface area contributed by atoms with Gasteiger partial charge in [0, 0.05) is 9.75 Å². The van der Waals surface area contributed by atoms with Gasteiger partial charge in [-0.15, -0.1) is 11.3 Å². The zero-order chi connectivity index (χ0) is 14.7. The Morgan fingerprint density at radius 1 is 1.10 bits per heavy atom. The number of benzene rings is 1. The van der Waals surface area contributed by atoms with Crippen molar-refractivity contribution in [3.8, 4) is 11.5 Å². The van der Waals surface area contributed by atoms with Gasteiger partial charge >= 0.3 is 0 Å². The van der Waals surface area contributed by atoms with Gasteiger partial charge < -0.3 is 9.47 Å². The van der Waals surface area contributed by atoms with Gasteiger partial charge in [0.15, 0.2) is 11.5 Å². The predicted octanol–water partition coefficient (Wildman–Crippen LogP) is 5.06. The largest absolute Gasteiger partial charge is 0.493 e. The van der Waals surface area contributed by atoms with E-state index in [1.54, 1.807) is 14.2 Å². The van der Waals surface area contributed by atoms with E-state index in [2.05, 4.69) is 41.9 Å². The fraction of sp³-hybridized carbons (Fsp3) is 0.375. The molecule has 0 amide bonds. The smallest absolute Gasteiger partial charge is 0.160 e. The molecule has 0 aliphatic carbocycles. The van der Waals surface area contributed by atoms with Crippen molar-refractivity contribution in [3.05, 3.63) is 45.1 Å². The normalized spacial score (nSPS) is 12.2. The number of aryl methyl sites for hydroxylation is 2. The molecular formula is C16H19BrO2S. The summed E-state index contributed by atoms with van der Waals surface area (Å²) in [5, 5.41) is 0. The van der Waals surface area contributed by atoms with Crippen LogP contribution in [0.1, 0.15) is 25.7 Å². The molecule has 0 fully saturated rings. The second-order valence-electron chi connectivity index (χ2n) is 4.75. The molecule has 2 nitrogen and oxygen atoms in total. The minimum atomic E-state index is 0.331. The first-order valence-corrected chi connectivity index (χ1v) is 8.20. The summed E-state index contributed by atoms with van der Waals surface area (Å²) in [4.78, 5) is 3.09. The number of ether oxygens (including phenoxy) is 2. The zero-order valence-electron chi connectivity index (χ0n) is 12.2. The van der Waals surface area contributed by atoms with Crippen LogP contribution in [-0.2, 0) is 6.42 Å². The van der Waals surface area contributed by atoms with Crippen LogP contribution in [-0.4, -0.2) is 14.2 Å². The Labute approximate surface area is 132 Å². The third-order valence-corrected chi connectivity index (χ3v) is 5.74. The van der Waals surface area contributed by atoms with Crippen LogP contribution in [0, 0.1) is 13.8 Å². The maximum absolute atomic E-state index is 5.35. The van der Waals surface area contributed by atoms with Gasteiger partial charge in [-0.2, -0.15) is 0 Å². The van der Waals surface area contributed by atoms with E-state index in [4.69, 9.17) is 9.47 Å². The lowest BCUT2D eigenvalue weighted by atomic mass is 10.1. The average molecular weight is 355 g/mol. The number of thiophene rings is 1. The van der Waals surface area contributed by atoms with Crippen molar-refractivity contribution in [2.45, 2.75) is 25.1 Å². The monoisotopic (exact) mass is 354 g/mol. The fourth-order valence-corrected chi connectivity index (χ4v) is 3.88. The highest BCUT2D eigenvalue weighted by Crippen LogP contribution is 2.36. The quantitative estimate of drug-likeness (QED) is 0.698. The third-order valence-electron chi connectivity index (χ3n) is 3.36. The van der Waals surface area contributed by atoms with Gasteiger partial charge in [0.25, 0.3) is 0 Å². The minimum Gasteiger partial charge on any atom is -0.493 e. The molecule has 4 heteroatoms. The van der Waals surface area contributed by atoms with Gasteiger partial charge in [0.05, 0.1) is 19.0 Å². The summed E-state index contributed by atoms with van der Waals surface area (Å²) in [6, 6.07) is 8.35. The molecule has 0 N–H and O–H groups in total. The van der Waals surface area contributed by atoms with Crippen LogP contribution in [0.25, 0.3) is 0 Å². The molecule has 0 spiro atoms. The van der Waals surface area contributed by atoms with Crippen molar-refractivity contribution >= 4 is 27.3 Å². The van der Waals surface area contributed by atoms with E-state index in [0.29, 0.717) is 4.83 Å². The van der Waals surface area contributed by atoms with Crippen LogP contribution in [0.3, 0.4) is 0 Å².